The van der Waals surface area contributed by atoms with E-state index in [0.717, 1.165) is 0 Å². The van der Waals surface area contributed by atoms with Crippen LogP contribution in [0.15, 0.2) is 41.9 Å². The molecule has 8 heteroatoms. The molecule has 0 unspecified atom stereocenters. The number of hydrogen-bond acceptors (Lipinski definition) is 5. The minimum Gasteiger partial charge on any atom is -0.343 e. The van der Waals surface area contributed by atoms with Crippen LogP contribution in [0.3, 0.4) is 0 Å². The summed E-state index contributed by atoms with van der Waals surface area (Å²) in [5.74, 6) is -0.573. The van der Waals surface area contributed by atoms with Gasteiger partial charge in [-0.3, -0.25) is 14.4 Å². The Labute approximate surface area is 155 Å². The molecular formula is C18H20N4O3S. The molecule has 2 N–H and O–H groups in total. The van der Waals surface area contributed by atoms with E-state index in [1.165, 1.54) is 11.3 Å². The highest BCUT2D eigenvalue weighted by Gasteiger charge is 2.27. The van der Waals surface area contributed by atoms with Crippen molar-refractivity contribution in [1.29, 1.82) is 0 Å². The highest BCUT2D eigenvalue weighted by molar-refractivity contribution is 7.13. The smallest absolute Gasteiger partial charge is 0.251 e. The number of nitrogens with zero attached hydrogens (tertiary/aromatic N) is 2. The van der Waals surface area contributed by atoms with Gasteiger partial charge in [-0.05, 0) is 25.0 Å². The number of carbonyl (C=O) groups excluding carboxylic acids is 3. The van der Waals surface area contributed by atoms with Gasteiger partial charge in [-0.1, -0.05) is 18.2 Å². The van der Waals surface area contributed by atoms with Crippen molar-refractivity contribution in [3.63, 3.8) is 0 Å². The van der Waals surface area contributed by atoms with Crippen molar-refractivity contribution < 1.29 is 14.4 Å². The van der Waals surface area contributed by atoms with Gasteiger partial charge in [-0.15, -0.1) is 11.3 Å². The molecule has 3 amide bonds. The molecule has 0 radical (unpaired) electrons. The molecule has 7 nitrogen and oxygen atoms in total. The van der Waals surface area contributed by atoms with Gasteiger partial charge in [0.1, 0.15) is 0 Å². The van der Waals surface area contributed by atoms with Gasteiger partial charge in [-0.25, -0.2) is 4.98 Å². The number of amides is 3. The fraction of sp³-hybridized carbons (Fsp3) is 0.333. The molecular weight excluding hydrogens is 352 g/mol. The second-order valence-corrected chi connectivity index (χ2v) is 6.92. The molecule has 26 heavy (non-hydrogen) atoms. The number of anilines is 1. The fourth-order valence-corrected chi connectivity index (χ4v) is 3.37. The molecule has 0 spiro atoms. The first-order valence-electron chi connectivity index (χ1n) is 8.45. The first kappa shape index (κ1) is 18.1. The van der Waals surface area contributed by atoms with Crippen LogP contribution in [0.2, 0.25) is 0 Å². The van der Waals surface area contributed by atoms with Gasteiger partial charge in [-0.2, -0.15) is 0 Å². The molecule has 2 heterocycles. The summed E-state index contributed by atoms with van der Waals surface area (Å²) in [5.41, 5.74) is 0.526. The number of thiazole rings is 1. The van der Waals surface area contributed by atoms with E-state index in [4.69, 9.17) is 0 Å². The molecule has 0 aliphatic carbocycles. The maximum Gasteiger partial charge on any atom is 0.251 e. The molecule has 1 aliphatic rings. The molecule has 0 bridgehead atoms. The van der Waals surface area contributed by atoms with Crippen molar-refractivity contribution >= 4 is 34.2 Å². The van der Waals surface area contributed by atoms with Crippen LogP contribution in [0.5, 0.6) is 0 Å². The largest absolute Gasteiger partial charge is 0.343 e. The van der Waals surface area contributed by atoms with Gasteiger partial charge < -0.3 is 15.5 Å². The predicted molar refractivity (Wildman–Crippen MR) is 98.8 cm³/mol. The van der Waals surface area contributed by atoms with E-state index in [2.05, 4.69) is 15.6 Å². The summed E-state index contributed by atoms with van der Waals surface area (Å²) in [7, 11) is 0. The van der Waals surface area contributed by atoms with Crippen LogP contribution >= 0.6 is 11.3 Å². The van der Waals surface area contributed by atoms with Crippen LogP contribution in [0.1, 0.15) is 23.2 Å². The lowest BCUT2D eigenvalue weighted by atomic mass is 9.96. The number of likely N-dealkylation sites (tertiary alicyclic amines) is 1. The normalized spacial score (nSPS) is 14.7. The Morgan fingerprint density at radius 1 is 1.15 bits per heavy atom. The Balaban J connectivity index is 1.42. The highest BCUT2D eigenvalue weighted by atomic mass is 32.1. The van der Waals surface area contributed by atoms with E-state index in [1.54, 1.807) is 40.7 Å². The molecule has 3 rings (SSSR count). The topological polar surface area (TPSA) is 91.4 Å². The first-order chi connectivity index (χ1) is 12.6. The number of piperidine rings is 1. The summed E-state index contributed by atoms with van der Waals surface area (Å²) in [6, 6.07) is 8.78. The van der Waals surface area contributed by atoms with Gasteiger partial charge in [0.15, 0.2) is 5.13 Å². The van der Waals surface area contributed by atoms with Crippen molar-refractivity contribution in [2.45, 2.75) is 12.8 Å². The van der Waals surface area contributed by atoms with Crippen LogP contribution in [0.25, 0.3) is 0 Å². The maximum atomic E-state index is 12.3. The predicted octanol–water partition coefficient (Wildman–Crippen LogP) is 1.75. The zero-order chi connectivity index (χ0) is 18.4. The average Bonchev–Trinajstić information content (AvgIpc) is 3.19. The summed E-state index contributed by atoms with van der Waals surface area (Å²) in [6.07, 6.45) is 2.86. The van der Waals surface area contributed by atoms with Crippen molar-refractivity contribution in [3.8, 4) is 0 Å². The minimum atomic E-state index is -0.267. The van der Waals surface area contributed by atoms with E-state index in [-0.39, 0.29) is 30.2 Å². The number of hydrogen-bond donors (Lipinski definition) is 2. The van der Waals surface area contributed by atoms with Gasteiger partial charge in [0, 0.05) is 36.1 Å². The van der Waals surface area contributed by atoms with Crippen LogP contribution < -0.4 is 10.6 Å². The summed E-state index contributed by atoms with van der Waals surface area (Å²) in [5, 5.41) is 7.85. The van der Waals surface area contributed by atoms with Crippen LogP contribution in [0.4, 0.5) is 5.13 Å². The van der Waals surface area contributed by atoms with Crippen molar-refractivity contribution in [3.05, 3.63) is 47.5 Å². The van der Waals surface area contributed by atoms with Gasteiger partial charge in [0.25, 0.3) is 5.91 Å². The fourth-order valence-electron chi connectivity index (χ4n) is 2.84. The molecule has 0 atom stereocenters. The Morgan fingerprint density at radius 2 is 1.88 bits per heavy atom. The molecule has 1 aliphatic heterocycles. The molecule has 136 valence electrons. The SMILES string of the molecule is O=C(NCC(=O)N1CCC(C(=O)Nc2nccs2)CC1)c1ccccc1. The van der Waals surface area contributed by atoms with Crippen molar-refractivity contribution in [2.24, 2.45) is 5.92 Å². The summed E-state index contributed by atoms with van der Waals surface area (Å²) in [4.78, 5) is 42.2. The van der Waals surface area contributed by atoms with E-state index < -0.39 is 0 Å². The number of benzene rings is 1. The van der Waals surface area contributed by atoms with Gasteiger partial charge in [0.2, 0.25) is 11.8 Å². The van der Waals surface area contributed by atoms with E-state index in [9.17, 15) is 14.4 Å². The Kier molecular flexibility index (Phi) is 5.96. The van der Waals surface area contributed by atoms with Gasteiger partial charge in [0.05, 0.1) is 6.54 Å². The summed E-state index contributed by atoms with van der Waals surface area (Å²) in [6.45, 7) is 0.982. The van der Waals surface area contributed by atoms with Crippen LogP contribution in [-0.4, -0.2) is 47.2 Å². The van der Waals surface area contributed by atoms with Gasteiger partial charge >= 0.3 is 0 Å². The Morgan fingerprint density at radius 3 is 2.54 bits per heavy atom. The zero-order valence-electron chi connectivity index (χ0n) is 14.2. The molecule has 0 saturated carbocycles. The zero-order valence-corrected chi connectivity index (χ0v) is 15.0. The number of aromatic nitrogens is 1. The number of carbonyl (C=O) groups is 3. The maximum absolute atomic E-state index is 12.3. The third kappa shape index (κ3) is 4.66. The lowest BCUT2D eigenvalue weighted by Crippen LogP contribution is -2.45. The van der Waals surface area contributed by atoms with E-state index in [1.807, 2.05) is 6.07 Å². The number of nitrogens with one attached hydrogen (secondary N) is 2. The van der Waals surface area contributed by atoms with Crippen LogP contribution in [-0.2, 0) is 9.59 Å². The first-order valence-corrected chi connectivity index (χ1v) is 9.33. The number of rotatable bonds is 5. The van der Waals surface area contributed by atoms with E-state index >= 15 is 0 Å². The third-order valence-electron chi connectivity index (χ3n) is 4.32. The van der Waals surface area contributed by atoms with Crippen LogP contribution in [0, 0.1) is 5.92 Å². The highest BCUT2D eigenvalue weighted by Crippen LogP contribution is 2.20. The summed E-state index contributed by atoms with van der Waals surface area (Å²) >= 11 is 1.38. The standard InChI is InChI=1S/C18H20N4O3S/c23-15(12-20-16(24)13-4-2-1-3-5-13)22-9-6-14(7-10-22)17(25)21-18-19-8-11-26-18/h1-5,8,11,14H,6-7,9-10,12H2,(H,20,24)(H,19,21,25). The van der Waals surface area contributed by atoms with E-state index in [0.29, 0.717) is 36.6 Å². The van der Waals surface area contributed by atoms with Crippen molar-refractivity contribution in [1.82, 2.24) is 15.2 Å². The Bertz CT molecular complexity index is 756. The molecule has 1 saturated heterocycles. The molecule has 1 aromatic heterocycles. The molecule has 2 aromatic rings. The molecule has 1 fully saturated rings. The lowest BCUT2D eigenvalue weighted by Gasteiger charge is -2.31. The molecule has 1 aromatic carbocycles. The lowest BCUT2D eigenvalue weighted by molar-refractivity contribution is -0.133. The second kappa shape index (κ2) is 8.57. The average molecular weight is 372 g/mol. The second-order valence-electron chi connectivity index (χ2n) is 6.03. The Hall–Kier alpha value is -2.74. The minimum absolute atomic E-state index is 0.0380. The quantitative estimate of drug-likeness (QED) is 0.836. The van der Waals surface area contributed by atoms with Crippen molar-refractivity contribution in [2.75, 3.05) is 25.0 Å². The monoisotopic (exact) mass is 372 g/mol. The third-order valence-corrected chi connectivity index (χ3v) is 5.01. The summed E-state index contributed by atoms with van der Waals surface area (Å²) < 4.78 is 0.